The van der Waals surface area contributed by atoms with Crippen LogP contribution in [-0.2, 0) is 12.8 Å². The zero-order chi connectivity index (χ0) is 17.7. The summed E-state index contributed by atoms with van der Waals surface area (Å²) in [4.78, 5) is 0. The number of ether oxygens (including phenoxy) is 2. The highest BCUT2D eigenvalue weighted by atomic mass is 16.5. The molecule has 0 radical (unpaired) electrons. The quantitative estimate of drug-likeness (QED) is 0.785. The van der Waals surface area contributed by atoms with Crippen LogP contribution >= 0.6 is 0 Å². The van der Waals surface area contributed by atoms with Crippen molar-refractivity contribution in [3.63, 3.8) is 0 Å². The maximum Gasteiger partial charge on any atom is 0.164 e. The number of rotatable bonds is 5. The van der Waals surface area contributed by atoms with E-state index in [9.17, 15) is 0 Å². The molecule has 23 heavy (non-hydrogen) atoms. The van der Waals surface area contributed by atoms with Gasteiger partial charge in [-0.05, 0) is 56.3 Å². The molecule has 0 fully saturated rings. The highest BCUT2D eigenvalue weighted by Gasteiger charge is 2.20. The first-order valence-corrected chi connectivity index (χ1v) is 9.11. The van der Waals surface area contributed by atoms with Gasteiger partial charge in [0.15, 0.2) is 11.5 Å². The molecule has 0 bridgehead atoms. The van der Waals surface area contributed by atoms with E-state index in [2.05, 4.69) is 32.2 Å². The van der Waals surface area contributed by atoms with E-state index in [-0.39, 0.29) is 0 Å². The van der Waals surface area contributed by atoms with Gasteiger partial charge in [-0.25, -0.2) is 0 Å². The Bertz CT molecular complexity index is 414. The Hall–Kier alpha value is -1.22. The maximum absolute atomic E-state index is 5.44. The van der Waals surface area contributed by atoms with E-state index in [1.807, 2.05) is 19.9 Å². The van der Waals surface area contributed by atoms with Crippen LogP contribution in [0.5, 0.6) is 11.5 Å². The molecule has 0 aromatic heterocycles. The number of hydrogen-bond donors (Lipinski definition) is 1. The van der Waals surface area contributed by atoms with Crippen LogP contribution in [0, 0.1) is 5.92 Å². The molecule has 1 unspecified atom stereocenters. The fourth-order valence-electron chi connectivity index (χ4n) is 2.72. The first-order chi connectivity index (χ1) is 11.2. The summed E-state index contributed by atoms with van der Waals surface area (Å²) in [7, 11) is 3.41. The molecule has 2 rings (SSSR count). The smallest absolute Gasteiger partial charge is 0.164 e. The summed E-state index contributed by atoms with van der Waals surface area (Å²) in [5.74, 6) is 2.57. The van der Waals surface area contributed by atoms with E-state index < -0.39 is 0 Å². The molecule has 0 spiro atoms. The average Bonchev–Trinajstić information content (AvgIpc) is 2.60. The molecule has 1 N–H and O–H groups in total. The fraction of sp³-hybridized carbons (Fsp3) is 0.700. The molecule has 1 aliphatic rings. The van der Waals surface area contributed by atoms with Crippen molar-refractivity contribution < 1.29 is 9.47 Å². The molecule has 0 saturated carbocycles. The van der Waals surface area contributed by atoms with Crippen molar-refractivity contribution in [2.24, 2.45) is 5.92 Å². The number of hydrogen-bond acceptors (Lipinski definition) is 3. The number of nitrogens with one attached hydrogen (secondary N) is 1. The van der Waals surface area contributed by atoms with Crippen molar-refractivity contribution >= 4 is 0 Å². The zero-order valence-corrected chi connectivity index (χ0v) is 16.3. The Morgan fingerprint density at radius 2 is 1.83 bits per heavy atom. The Morgan fingerprint density at radius 3 is 2.30 bits per heavy atom. The lowest BCUT2D eigenvalue weighted by Crippen LogP contribution is -2.12. The summed E-state index contributed by atoms with van der Waals surface area (Å²) >= 11 is 0. The van der Waals surface area contributed by atoms with Crippen molar-refractivity contribution in [1.82, 2.24) is 5.32 Å². The predicted molar refractivity (Wildman–Crippen MR) is 101 cm³/mol. The van der Waals surface area contributed by atoms with Gasteiger partial charge in [0, 0.05) is 5.56 Å². The summed E-state index contributed by atoms with van der Waals surface area (Å²) in [5, 5.41) is 3.20. The highest BCUT2D eigenvalue weighted by Crippen LogP contribution is 2.38. The second kappa shape index (κ2) is 13.2. The van der Waals surface area contributed by atoms with E-state index >= 15 is 0 Å². The third-order valence-electron chi connectivity index (χ3n) is 3.88. The lowest BCUT2D eigenvalue weighted by atomic mass is 9.84. The van der Waals surface area contributed by atoms with Crippen molar-refractivity contribution in [3.8, 4) is 11.5 Å². The van der Waals surface area contributed by atoms with E-state index in [4.69, 9.17) is 9.47 Å². The minimum absolute atomic E-state index is 0.788. The van der Waals surface area contributed by atoms with Crippen LogP contribution < -0.4 is 14.8 Å². The van der Waals surface area contributed by atoms with Gasteiger partial charge < -0.3 is 14.8 Å². The van der Waals surface area contributed by atoms with Crippen molar-refractivity contribution in [3.05, 3.63) is 23.3 Å². The van der Waals surface area contributed by atoms with E-state index in [1.165, 1.54) is 24.0 Å². The summed E-state index contributed by atoms with van der Waals surface area (Å²) in [6.45, 7) is 12.9. The van der Waals surface area contributed by atoms with Gasteiger partial charge in [-0.1, -0.05) is 40.7 Å². The van der Waals surface area contributed by atoms with Crippen LogP contribution in [0.1, 0.15) is 58.6 Å². The highest BCUT2D eigenvalue weighted by molar-refractivity contribution is 5.51. The Morgan fingerprint density at radius 1 is 1.13 bits per heavy atom. The van der Waals surface area contributed by atoms with Crippen LogP contribution in [0.3, 0.4) is 0 Å². The lowest BCUT2D eigenvalue weighted by molar-refractivity contribution is 0.347. The SMILES string of the molecule is CC.CCCNCC.COc1ccc2c(c1OC)CCC(C)C2. The molecule has 0 aliphatic heterocycles. The van der Waals surface area contributed by atoms with Crippen LogP contribution in [0.15, 0.2) is 12.1 Å². The third kappa shape index (κ3) is 7.26. The second-order valence-corrected chi connectivity index (χ2v) is 5.64. The largest absolute Gasteiger partial charge is 0.493 e. The van der Waals surface area contributed by atoms with Gasteiger partial charge in [-0.15, -0.1) is 0 Å². The molecule has 1 aromatic carbocycles. The average molecular weight is 324 g/mol. The van der Waals surface area contributed by atoms with Gasteiger partial charge in [-0.2, -0.15) is 0 Å². The van der Waals surface area contributed by atoms with Gasteiger partial charge in [0.1, 0.15) is 0 Å². The summed E-state index contributed by atoms with van der Waals surface area (Å²) in [5.41, 5.74) is 2.77. The van der Waals surface area contributed by atoms with Gasteiger partial charge in [0.25, 0.3) is 0 Å². The molecule has 3 nitrogen and oxygen atoms in total. The minimum atomic E-state index is 0.788. The third-order valence-corrected chi connectivity index (χ3v) is 3.88. The molecule has 0 saturated heterocycles. The van der Waals surface area contributed by atoms with Crippen molar-refractivity contribution in [2.45, 2.75) is 60.3 Å². The summed E-state index contributed by atoms with van der Waals surface area (Å²) < 4.78 is 10.7. The Kier molecular flexibility index (Phi) is 12.5. The molecule has 1 aliphatic carbocycles. The van der Waals surface area contributed by atoms with Crippen molar-refractivity contribution in [2.75, 3.05) is 27.3 Å². The summed E-state index contributed by atoms with van der Waals surface area (Å²) in [6, 6.07) is 4.18. The van der Waals surface area contributed by atoms with Gasteiger partial charge in [-0.3, -0.25) is 0 Å². The second-order valence-electron chi connectivity index (χ2n) is 5.64. The van der Waals surface area contributed by atoms with Crippen LogP contribution in [0.25, 0.3) is 0 Å². The molecule has 3 heteroatoms. The van der Waals surface area contributed by atoms with E-state index in [1.54, 1.807) is 14.2 Å². The van der Waals surface area contributed by atoms with E-state index in [0.29, 0.717) is 0 Å². The number of fused-ring (bicyclic) bond motifs is 1. The number of benzene rings is 1. The van der Waals surface area contributed by atoms with E-state index in [0.717, 1.165) is 43.3 Å². The first kappa shape index (κ1) is 21.8. The van der Waals surface area contributed by atoms with Gasteiger partial charge in [0.05, 0.1) is 14.2 Å². The minimum Gasteiger partial charge on any atom is -0.493 e. The molecule has 1 atom stereocenters. The van der Waals surface area contributed by atoms with Crippen LogP contribution in [0.4, 0.5) is 0 Å². The lowest BCUT2D eigenvalue weighted by Gasteiger charge is -2.24. The zero-order valence-electron chi connectivity index (χ0n) is 16.3. The van der Waals surface area contributed by atoms with Crippen molar-refractivity contribution in [1.29, 1.82) is 0 Å². The molecule has 0 heterocycles. The molecule has 0 amide bonds. The van der Waals surface area contributed by atoms with Gasteiger partial charge >= 0.3 is 0 Å². The Labute approximate surface area is 143 Å². The van der Waals surface area contributed by atoms with Crippen LogP contribution in [-0.4, -0.2) is 27.3 Å². The first-order valence-electron chi connectivity index (χ1n) is 9.11. The summed E-state index contributed by atoms with van der Waals surface area (Å²) in [6.07, 6.45) is 4.76. The maximum atomic E-state index is 5.44. The number of methoxy groups -OCH3 is 2. The predicted octanol–water partition coefficient (Wildman–Crippen LogP) is 4.86. The van der Waals surface area contributed by atoms with Crippen LogP contribution in [0.2, 0.25) is 0 Å². The monoisotopic (exact) mass is 323 g/mol. The topological polar surface area (TPSA) is 30.5 Å². The Balaban J connectivity index is 0.000000515. The van der Waals surface area contributed by atoms with Gasteiger partial charge in [0.2, 0.25) is 0 Å². The standard InChI is InChI=1S/C13H18O2.C5H13N.C2H6/c1-9-4-6-11-10(8-9)5-7-12(14-2)13(11)15-3;1-3-5-6-4-2;1-2/h5,7,9H,4,6,8H2,1-3H3;6H,3-5H2,1-2H3;1-2H3. The molecular weight excluding hydrogens is 286 g/mol. The molecule has 134 valence electrons. The molecular formula is C20H37NO2. The molecule has 1 aromatic rings. The normalized spacial score (nSPS) is 15.3. The fourth-order valence-corrected chi connectivity index (χ4v) is 2.72.